The molecule has 0 aliphatic heterocycles. The number of aromatic nitrogens is 2. The number of nitriles is 1. The fourth-order valence-corrected chi connectivity index (χ4v) is 2.07. The third-order valence-electron chi connectivity index (χ3n) is 3.13. The van der Waals surface area contributed by atoms with E-state index in [0.717, 1.165) is 0 Å². The molecule has 1 atom stereocenters. The summed E-state index contributed by atoms with van der Waals surface area (Å²) in [5, 5.41) is 8.66. The van der Waals surface area contributed by atoms with Gasteiger partial charge in [0, 0.05) is 6.54 Å². The third kappa shape index (κ3) is 2.77. The molecule has 21 heavy (non-hydrogen) atoms. The number of rotatable bonds is 3. The fraction of sp³-hybridized carbons (Fsp3) is 0.333. The maximum Gasteiger partial charge on any atom is 0.339 e. The molecule has 6 heteroatoms. The Kier molecular flexibility index (Phi) is 4.03. The van der Waals surface area contributed by atoms with Crippen molar-refractivity contribution in [3.8, 4) is 6.07 Å². The number of fused-ring (bicyclic) bond motifs is 1. The summed E-state index contributed by atoms with van der Waals surface area (Å²) in [5.74, 6) is -0.584. The van der Waals surface area contributed by atoms with E-state index in [9.17, 15) is 9.59 Å². The minimum Gasteiger partial charge on any atom is -0.444 e. The van der Waals surface area contributed by atoms with Crippen LogP contribution in [0, 0.1) is 18.3 Å². The summed E-state index contributed by atoms with van der Waals surface area (Å²) in [6.45, 7) is 5.53. The van der Waals surface area contributed by atoms with E-state index in [1.807, 2.05) is 13.0 Å². The molecule has 1 aromatic carbocycles. The average Bonchev–Trinajstić information content (AvgIpc) is 2.48. The van der Waals surface area contributed by atoms with Crippen LogP contribution in [0.3, 0.4) is 0 Å². The van der Waals surface area contributed by atoms with Crippen molar-refractivity contribution >= 4 is 17.0 Å². The standard InChI is InChI=1S/C15H15N3O3/c1-4-18-13-6-5-11(15(20)21-9(2)8-16)7-12(13)17-10(3)14(18)19/h5-7,9H,4H2,1-3H3/t9-/m0/s1. The van der Waals surface area contributed by atoms with Crippen molar-refractivity contribution in [1.29, 1.82) is 5.26 Å². The van der Waals surface area contributed by atoms with Gasteiger partial charge in [-0.25, -0.2) is 9.78 Å². The number of carbonyl (C=O) groups is 1. The van der Waals surface area contributed by atoms with Crippen LogP contribution in [0.15, 0.2) is 23.0 Å². The van der Waals surface area contributed by atoms with Crippen molar-refractivity contribution in [2.45, 2.75) is 33.4 Å². The first-order valence-corrected chi connectivity index (χ1v) is 6.59. The van der Waals surface area contributed by atoms with Crippen LogP contribution in [0.1, 0.15) is 29.9 Å². The summed E-state index contributed by atoms with van der Waals surface area (Å²) in [4.78, 5) is 28.1. The van der Waals surface area contributed by atoms with Gasteiger partial charge in [-0.15, -0.1) is 0 Å². The molecule has 0 saturated heterocycles. The largest absolute Gasteiger partial charge is 0.444 e. The van der Waals surface area contributed by atoms with Crippen molar-refractivity contribution in [1.82, 2.24) is 9.55 Å². The molecule has 0 amide bonds. The number of carbonyl (C=O) groups excluding carboxylic acids is 1. The van der Waals surface area contributed by atoms with Gasteiger partial charge in [0.1, 0.15) is 11.8 Å². The minimum absolute atomic E-state index is 0.140. The smallest absolute Gasteiger partial charge is 0.339 e. The summed E-state index contributed by atoms with van der Waals surface area (Å²) in [7, 11) is 0. The number of hydrogen-bond acceptors (Lipinski definition) is 5. The minimum atomic E-state index is -0.813. The fourth-order valence-electron chi connectivity index (χ4n) is 2.07. The second kappa shape index (κ2) is 5.75. The Bertz CT molecular complexity index is 802. The number of ether oxygens (including phenoxy) is 1. The van der Waals surface area contributed by atoms with E-state index in [1.54, 1.807) is 29.7 Å². The van der Waals surface area contributed by atoms with E-state index in [1.165, 1.54) is 6.92 Å². The predicted octanol–water partition coefficient (Wildman–Crippen LogP) is 1.79. The van der Waals surface area contributed by atoms with Crippen molar-refractivity contribution in [3.05, 3.63) is 39.8 Å². The second-order valence-corrected chi connectivity index (χ2v) is 4.63. The van der Waals surface area contributed by atoms with E-state index >= 15 is 0 Å². The lowest BCUT2D eigenvalue weighted by atomic mass is 10.2. The van der Waals surface area contributed by atoms with Crippen LogP contribution in [-0.2, 0) is 11.3 Å². The van der Waals surface area contributed by atoms with Crippen molar-refractivity contribution < 1.29 is 9.53 Å². The molecule has 1 aromatic heterocycles. The molecule has 2 rings (SSSR count). The van der Waals surface area contributed by atoms with E-state index in [2.05, 4.69) is 4.98 Å². The SMILES string of the molecule is CCn1c(=O)c(C)nc2cc(C(=O)O[C@@H](C)C#N)ccc21. The highest BCUT2D eigenvalue weighted by atomic mass is 16.5. The van der Waals surface area contributed by atoms with Gasteiger partial charge in [-0.2, -0.15) is 5.26 Å². The monoisotopic (exact) mass is 285 g/mol. The molecule has 108 valence electrons. The van der Waals surface area contributed by atoms with Gasteiger partial charge >= 0.3 is 5.97 Å². The topological polar surface area (TPSA) is 85.0 Å². The molecule has 0 aliphatic carbocycles. The van der Waals surface area contributed by atoms with E-state index < -0.39 is 12.1 Å². The average molecular weight is 285 g/mol. The van der Waals surface area contributed by atoms with Crippen LogP contribution in [0.2, 0.25) is 0 Å². The lowest BCUT2D eigenvalue weighted by Gasteiger charge is -2.10. The van der Waals surface area contributed by atoms with Crippen LogP contribution in [0.5, 0.6) is 0 Å². The van der Waals surface area contributed by atoms with Gasteiger partial charge < -0.3 is 9.30 Å². The molecule has 6 nitrogen and oxygen atoms in total. The quantitative estimate of drug-likeness (QED) is 0.803. The maximum atomic E-state index is 12.0. The Morgan fingerprint density at radius 3 is 2.86 bits per heavy atom. The molecule has 0 radical (unpaired) electrons. The summed E-state index contributed by atoms with van der Waals surface area (Å²) in [6.07, 6.45) is -0.813. The number of aryl methyl sites for hydroxylation is 2. The zero-order valence-corrected chi connectivity index (χ0v) is 12.1. The lowest BCUT2D eigenvalue weighted by molar-refractivity contribution is 0.0435. The molecule has 0 aliphatic rings. The number of hydrogen-bond donors (Lipinski definition) is 0. The molecule has 1 heterocycles. The first-order chi connectivity index (χ1) is 9.97. The maximum absolute atomic E-state index is 12.0. The van der Waals surface area contributed by atoms with Gasteiger partial charge in [0.15, 0.2) is 6.10 Å². The highest BCUT2D eigenvalue weighted by Crippen LogP contribution is 2.14. The molecular formula is C15H15N3O3. The Balaban J connectivity index is 2.53. The number of benzene rings is 1. The summed E-state index contributed by atoms with van der Waals surface area (Å²) in [5.41, 5.74) is 1.75. The summed E-state index contributed by atoms with van der Waals surface area (Å²) >= 11 is 0. The highest BCUT2D eigenvalue weighted by molar-refractivity contribution is 5.93. The van der Waals surface area contributed by atoms with Crippen LogP contribution in [0.25, 0.3) is 11.0 Å². The normalized spacial score (nSPS) is 11.9. The van der Waals surface area contributed by atoms with Crippen LogP contribution in [0.4, 0.5) is 0 Å². The van der Waals surface area contributed by atoms with Crippen LogP contribution < -0.4 is 5.56 Å². The van der Waals surface area contributed by atoms with E-state index in [-0.39, 0.29) is 5.56 Å². The van der Waals surface area contributed by atoms with Gasteiger partial charge in [-0.05, 0) is 39.0 Å². The van der Waals surface area contributed by atoms with Crippen molar-refractivity contribution in [2.75, 3.05) is 0 Å². The third-order valence-corrected chi connectivity index (χ3v) is 3.13. The van der Waals surface area contributed by atoms with Gasteiger partial charge in [-0.1, -0.05) is 0 Å². The molecular weight excluding hydrogens is 270 g/mol. The molecule has 0 bridgehead atoms. The zero-order valence-electron chi connectivity index (χ0n) is 12.1. The van der Waals surface area contributed by atoms with E-state index in [4.69, 9.17) is 10.00 Å². The number of nitrogens with zero attached hydrogens (tertiary/aromatic N) is 3. The van der Waals surface area contributed by atoms with Crippen LogP contribution in [-0.4, -0.2) is 21.6 Å². The Hall–Kier alpha value is -2.68. The lowest BCUT2D eigenvalue weighted by Crippen LogP contribution is -2.23. The molecule has 0 N–H and O–H groups in total. The van der Waals surface area contributed by atoms with Crippen molar-refractivity contribution in [2.24, 2.45) is 0 Å². The van der Waals surface area contributed by atoms with Gasteiger partial charge in [0.2, 0.25) is 0 Å². The highest BCUT2D eigenvalue weighted by Gasteiger charge is 2.14. The second-order valence-electron chi connectivity index (χ2n) is 4.63. The first kappa shape index (κ1) is 14.7. The van der Waals surface area contributed by atoms with Gasteiger partial charge in [0.05, 0.1) is 16.6 Å². The van der Waals surface area contributed by atoms with Crippen molar-refractivity contribution in [3.63, 3.8) is 0 Å². The molecule has 0 fully saturated rings. The van der Waals surface area contributed by atoms with Gasteiger partial charge in [0.25, 0.3) is 5.56 Å². The van der Waals surface area contributed by atoms with Gasteiger partial charge in [-0.3, -0.25) is 4.79 Å². The molecule has 2 aromatic rings. The predicted molar refractivity (Wildman–Crippen MR) is 76.9 cm³/mol. The Morgan fingerprint density at radius 2 is 2.24 bits per heavy atom. The zero-order chi connectivity index (χ0) is 15.6. The molecule has 0 spiro atoms. The number of esters is 1. The summed E-state index contributed by atoms with van der Waals surface area (Å²) < 4.78 is 6.55. The first-order valence-electron chi connectivity index (χ1n) is 6.59. The van der Waals surface area contributed by atoms with Crippen LogP contribution >= 0.6 is 0 Å². The molecule has 0 unspecified atom stereocenters. The Morgan fingerprint density at radius 1 is 1.52 bits per heavy atom. The summed E-state index contributed by atoms with van der Waals surface area (Å²) in [6, 6.07) is 6.64. The van der Waals surface area contributed by atoms with E-state index in [0.29, 0.717) is 28.8 Å². The molecule has 0 saturated carbocycles. The Labute approximate surface area is 121 Å².